The maximum absolute atomic E-state index is 12.9. The molecule has 8 heteroatoms. The molecule has 0 aliphatic rings. The molecule has 2 amide bonds. The van der Waals surface area contributed by atoms with Gasteiger partial charge in [-0.05, 0) is 102 Å². The van der Waals surface area contributed by atoms with E-state index in [1.165, 1.54) is 0 Å². The van der Waals surface area contributed by atoms with Gasteiger partial charge < -0.3 is 29.6 Å². The van der Waals surface area contributed by atoms with Gasteiger partial charge in [-0.3, -0.25) is 9.59 Å². The van der Waals surface area contributed by atoms with Gasteiger partial charge in [0.05, 0.1) is 0 Å². The summed E-state index contributed by atoms with van der Waals surface area (Å²) in [6.45, 7) is 1.51. The number of hydrogen-bond donors (Lipinski definition) is 2. The van der Waals surface area contributed by atoms with Gasteiger partial charge in [-0.1, -0.05) is 72.8 Å². The van der Waals surface area contributed by atoms with E-state index >= 15 is 0 Å². The molecule has 256 valence electrons. The quantitative estimate of drug-likeness (QED) is 0.0995. The van der Waals surface area contributed by atoms with Gasteiger partial charge >= 0.3 is 0 Å². The number of ether oxygens (including phenoxy) is 4. The number of anilines is 2. The van der Waals surface area contributed by atoms with Crippen molar-refractivity contribution < 1.29 is 28.5 Å². The number of nitrogens with one attached hydrogen (secondary N) is 2. The lowest BCUT2D eigenvalue weighted by atomic mass is 10.0. The van der Waals surface area contributed by atoms with Crippen LogP contribution in [-0.2, 0) is 6.42 Å². The molecular formula is C43H38N2O6. The lowest BCUT2D eigenvalue weighted by Gasteiger charge is -2.11. The second-order valence-corrected chi connectivity index (χ2v) is 11.6. The zero-order valence-electron chi connectivity index (χ0n) is 28.0. The van der Waals surface area contributed by atoms with E-state index in [1.54, 1.807) is 36.4 Å². The molecule has 8 nitrogen and oxygen atoms in total. The Bertz CT molecular complexity index is 1850. The van der Waals surface area contributed by atoms with Gasteiger partial charge in [-0.15, -0.1) is 0 Å². The summed E-state index contributed by atoms with van der Waals surface area (Å²) >= 11 is 0. The first-order valence-corrected chi connectivity index (χ1v) is 16.7. The van der Waals surface area contributed by atoms with E-state index in [4.69, 9.17) is 18.9 Å². The van der Waals surface area contributed by atoms with Crippen molar-refractivity contribution in [2.45, 2.75) is 6.42 Å². The molecule has 51 heavy (non-hydrogen) atoms. The Labute approximate surface area is 297 Å². The van der Waals surface area contributed by atoms with Crippen LogP contribution in [0.2, 0.25) is 0 Å². The number of para-hydroxylation sites is 2. The lowest BCUT2D eigenvalue weighted by molar-refractivity contribution is 0.101. The third kappa shape index (κ3) is 10.7. The number of hydrogen-bond acceptors (Lipinski definition) is 6. The van der Waals surface area contributed by atoms with Crippen LogP contribution in [0.15, 0.2) is 158 Å². The molecule has 0 fully saturated rings. The minimum absolute atomic E-state index is 0.223. The number of rotatable bonds is 16. The van der Waals surface area contributed by atoms with Crippen molar-refractivity contribution >= 4 is 23.2 Å². The van der Waals surface area contributed by atoms with E-state index in [0.717, 1.165) is 22.6 Å². The molecule has 0 atom stereocenters. The first kappa shape index (κ1) is 34.3. The van der Waals surface area contributed by atoms with Crippen molar-refractivity contribution in [3.63, 3.8) is 0 Å². The van der Waals surface area contributed by atoms with E-state index in [-0.39, 0.29) is 11.8 Å². The van der Waals surface area contributed by atoms with Crippen LogP contribution in [-0.4, -0.2) is 38.2 Å². The van der Waals surface area contributed by atoms with Gasteiger partial charge in [0.1, 0.15) is 49.4 Å². The Kier molecular flexibility index (Phi) is 11.9. The van der Waals surface area contributed by atoms with Gasteiger partial charge in [-0.25, -0.2) is 0 Å². The third-order valence-corrected chi connectivity index (χ3v) is 7.75. The number of carbonyl (C=O) groups is 2. The van der Waals surface area contributed by atoms with Crippen LogP contribution in [0.3, 0.4) is 0 Å². The maximum Gasteiger partial charge on any atom is 0.255 e. The number of amides is 2. The fourth-order valence-electron chi connectivity index (χ4n) is 5.18. The molecule has 6 aromatic carbocycles. The van der Waals surface area contributed by atoms with Crippen molar-refractivity contribution in [2.24, 2.45) is 0 Å². The van der Waals surface area contributed by atoms with Crippen LogP contribution in [0.25, 0.3) is 0 Å². The van der Waals surface area contributed by atoms with Crippen molar-refractivity contribution in [3.05, 3.63) is 180 Å². The van der Waals surface area contributed by atoms with Crippen LogP contribution in [0.1, 0.15) is 31.8 Å². The second-order valence-electron chi connectivity index (χ2n) is 11.6. The summed E-state index contributed by atoms with van der Waals surface area (Å²) in [7, 11) is 0. The summed E-state index contributed by atoms with van der Waals surface area (Å²) in [5.74, 6) is 2.32. The normalized spacial score (nSPS) is 10.5. The molecule has 0 heterocycles. The summed E-state index contributed by atoms with van der Waals surface area (Å²) in [6.07, 6.45) is 0.698. The fraction of sp³-hybridized carbons (Fsp3) is 0.116. The average molecular weight is 679 g/mol. The minimum Gasteiger partial charge on any atom is -0.490 e. The molecule has 6 rings (SSSR count). The van der Waals surface area contributed by atoms with Crippen LogP contribution in [0, 0.1) is 0 Å². The molecule has 0 aliphatic carbocycles. The van der Waals surface area contributed by atoms with Crippen LogP contribution >= 0.6 is 0 Å². The van der Waals surface area contributed by atoms with E-state index < -0.39 is 0 Å². The second kappa shape index (κ2) is 17.7. The Morgan fingerprint density at radius 3 is 1.14 bits per heavy atom. The summed E-state index contributed by atoms with van der Waals surface area (Å²) in [5, 5.41) is 5.91. The third-order valence-electron chi connectivity index (χ3n) is 7.75. The van der Waals surface area contributed by atoms with E-state index in [1.807, 2.05) is 121 Å². The standard InChI is InChI=1S/C43H38N2O6/c46-42(34-9-7-15-40(30-34)50-27-25-48-38-11-3-1-4-12-38)44-36-21-17-32(18-22-36)29-33-19-23-37(24-20-33)45-43(47)35-10-8-16-41(31-35)51-28-26-49-39-13-5-2-6-14-39/h1-24,30-31H,25-29H2,(H,44,46)(H,45,47). The molecule has 0 aromatic heterocycles. The highest BCUT2D eigenvalue weighted by atomic mass is 16.5. The van der Waals surface area contributed by atoms with Crippen molar-refractivity contribution in [1.82, 2.24) is 0 Å². The Balaban J connectivity index is 0.936. The SMILES string of the molecule is O=C(Nc1ccc(Cc2ccc(NC(=O)c3cccc(OCCOc4ccccc4)c3)cc2)cc1)c1cccc(OCCOc2ccccc2)c1. The fourth-order valence-corrected chi connectivity index (χ4v) is 5.18. The van der Waals surface area contributed by atoms with E-state index in [2.05, 4.69) is 10.6 Å². The number of carbonyl (C=O) groups excluding carboxylic acids is 2. The zero-order valence-corrected chi connectivity index (χ0v) is 28.0. The summed E-state index contributed by atoms with van der Waals surface area (Å²) in [6, 6.07) is 48.7. The largest absolute Gasteiger partial charge is 0.490 e. The molecular weight excluding hydrogens is 640 g/mol. The van der Waals surface area contributed by atoms with E-state index in [0.29, 0.717) is 66.8 Å². The predicted molar refractivity (Wildman–Crippen MR) is 199 cm³/mol. The monoisotopic (exact) mass is 678 g/mol. The highest BCUT2D eigenvalue weighted by Gasteiger charge is 2.10. The Hall–Kier alpha value is -6.54. The van der Waals surface area contributed by atoms with Gasteiger partial charge in [0.25, 0.3) is 11.8 Å². The molecule has 2 N–H and O–H groups in total. The molecule has 0 aliphatic heterocycles. The number of benzene rings is 6. The Morgan fingerprint density at radius 2 is 0.745 bits per heavy atom. The summed E-state index contributed by atoms with van der Waals surface area (Å²) < 4.78 is 22.9. The van der Waals surface area contributed by atoms with Crippen molar-refractivity contribution in [1.29, 1.82) is 0 Å². The first-order valence-electron chi connectivity index (χ1n) is 16.7. The molecule has 0 spiro atoms. The first-order chi connectivity index (χ1) is 25.1. The van der Waals surface area contributed by atoms with Crippen LogP contribution in [0.4, 0.5) is 11.4 Å². The van der Waals surface area contributed by atoms with E-state index in [9.17, 15) is 9.59 Å². The highest BCUT2D eigenvalue weighted by Crippen LogP contribution is 2.20. The van der Waals surface area contributed by atoms with Gasteiger partial charge in [0.2, 0.25) is 0 Å². The molecule has 0 saturated heterocycles. The molecule has 0 radical (unpaired) electrons. The highest BCUT2D eigenvalue weighted by molar-refractivity contribution is 6.05. The van der Waals surface area contributed by atoms with Crippen LogP contribution in [0.5, 0.6) is 23.0 Å². The lowest BCUT2D eigenvalue weighted by Crippen LogP contribution is -2.13. The molecule has 0 bridgehead atoms. The van der Waals surface area contributed by atoms with Gasteiger partial charge in [-0.2, -0.15) is 0 Å². The average Bonchev–Trinajstić information content (AvgIpc) is 3.18. The summed E-state index contributed by atoms with van der Waals surface area (Å²) in [4.78, 5) is 25.9. The van der Waals surface area contributed by atoms with Gasteiger partial charge in [0.15, 0.2) is 0 Å². The van der Waals surface area contributed by atoms with Crippen molar-refractivity contribution in [2.75, 3.05) is 37.1 Å². The van der Waals surface area contributed by atoms with Crippen LogP contribution < -0.4 is 29.6 Å². The molecule has 0 unspecified atom stereocenters. The molecule has 0 saturated carbocycles. The smallest absolute Gasteiger partial charge is 0.255 e. The Morgan fingerprint density at radius 1 is 0.392 bits per heavy atom. The van der Waals surface area contributed by atoms with Gasteiger partial charge in [0, 0.05) is 22.5 Å². The zero-order chi connectivity index (χ0) is 35.1. The summed E-state index contributed by atoms with van der Waals surface area (Å²) in [5.41, 5.74) is 4.56. The predicted octanol–water partition coefficient (Wildman–Crippen LogP) is 8.70. The maximum atomic E-state index is 12.9. The van der Waals surface area contributed by atoms with Crippen molar-refractivity contribution in [3.8, 4) is 23.0 Å². The molecule has 6 aromatic rings. The topological polar surface area (TPSA) is 95.1 Å². The minimum atomic E-state index is -0.223.